The maximum absolute atomic E-state index is 12.7. The number of piperidine rings is 1. The third-order valence-electron chi connectivity index (χ3n) is 5.67. The van der Waals surface area contributed by atoms with E-state index in [0.29, 0.717) is 55.0 Å². The molecule has 2 amide bonds. The first-order valence-corrected chi connectivity index (χ1v) is 10.4. The zero-order chi connectivity index (χ0) is 22.5. The molecular formula is C23H23N3O6. The van der Waals surface area contributed by atoms with Gasteiger partial charge in [0.1, 0.15) is 0 Å². The van der Waals surface area contributed by atoms with Gasteiger partial charge in [-0.05, 0) is 42.2 Å². The molecule has 32 heavy (non-hydrogen) atoms. The number of hydrogen-bond acceptors (Lipinski definition) is 6. The molecule has 2 aliphatic heterocycles. The number of likely N-dealkylation sites (tertiary alicyclic amines) is 1. The van der Waals surface area contributed by atoms with Crippen LogP contribution in [0.15, 0.2) is 42.5 Å². The molecule has 166 valence electrons. The zero-order valence-corrected chi connectivity index (χ0v) is 17.4. The first-order valence-electron chi connectivity index (χ1n) is 10.4. The van der Waals surface area contributed by atoms with E-state index in [1.807, 2.05) is 6.07 Å². The number of benzene rings is 2. The van der Waals surface area contributed by atoms with Crippen LogP contribution in [-0.4, -0.2) is 47.9 Å². The molecule has 2 aromatic rings. The average molecular weight is 437 g/mol. The molecule has 2 aromatic carbocycles. The van der Waals surface area contributed by atoms with Gasteiger partial charge in [-0.1, -0.05) is 18.2 Å². The third kappa shape index (κ3) is 4.62. The van der Waals surface area contributed by atoms with E-state index in [1.165, 1.54) is 12.1 Å². The van der Waals surface area contributed by atoms with E-state index in [1.54, 1.807) is 35.2 Å². The Balaban J connectivity index is 1.65. The Morgan fingerprint density at radius 2 is 2.16 bits per heavy atom. The van der Waals surface area contributed by atoms with Crippen LogP contribution < -0.4 is 10.2 Å². The standard InChI is InChI=1S/C23H23N3O6/c27-15-24-19-4-2-11-25(14-19)22(28)9-7-16-3-1-5-20(26(29)30)23(16)18-6-8-21-17(13-18)10-12-31-32-21/h1,3,5-9,13,15,19H,2,4,10-12,14H2,(H,24,27)/b9-7+. The fraction of sp³-hybridized carbons (Fsp3) is 0.304. The number of rotatable bonds is 6. The monoisotopic (exact) mass is 437 g/mol. The lowest BCUT2D eigenvalue weighted by Crippen LogP contribution is -2.47. The lowest BCUT2D eigenvalue weighted by molar-refractivity contribution is -0.384. The fourth-order valence-electron chi connectivity index (χ4n) is 4.11. The third-order valence-corrected chi connectivity index (χ3v) is 5.67. The predicted molar refractivity (Wildman–Crippen MR) is 117 cm³/mol. The van der Waals surface area contributed by atoms with Crippen LogP contribution in [0.5, 0.6) is 5.75 Å². The summed E-state index contributed by atoms with van der Waals surface area (Å²) in [4.78, 5) is 46.6. The van der Waals surface area contributed by atoms with Crippen LogP contribution >= 0.6 is 0 Å². The number of amides is 2. The highest BCUT2D eigenvalue weighted by Gasteiger charge is 2.23. The van der Waals surface area contributed by atoms with Gasteiger partial charge in [-0.15, -0.1) is 0 Å². The lowest BCUT2D eigenvalue weighted by Gasteiger charge is -2.31. The molecule has 1 N–H and O–H groups in total. The minimum absolute atomic E-state index is 0.0410. The number of hydrogen-bond donors (Lipinski definition) is 1. The number of nitrogens with zero attached hydrogens (tertiary/aromatic N) is 2. The molecule has 0 spiro atoms. The van der Waals surface area contributed by atoms with Gasteiger partial charge in [0.05, 0.1) is 17.1 Å². The second kappa shape index (κ2) is 9.61. The number of nitro groups is 1. The van der Waals surface area contributed by atoms with Gasteiger partial charge in [-0.2, -0.15) is 4.89 Å². The predicted octanol–water partition coefficient (Wildman–Crippen LogP) is 2.88. The first-order chi connectivity index (χ1) is 15.6. The highest BCUT2D eigenvalue weighted by Crippen LogP contribution is 2.37. The van der Waals surface area contributed by atoms with Crippen LogP contribution in [0.3, 0.4) is 0 Å². The van der Waals surface area contributed by atoms with Crippen LogP contribution in [0.4, 0.5) is 5.69 Å². The van der Waals surface area contributed by atoms with Gasteiger partial charge in [0.2, 0.25) is 12.3 Å². The topological polar surface area (TPSA) is 111 Å². The van der Waals surface area contributed by atoms with Gasteiger partial charge >= 0.3 is 0 Å². The molecule has 9 nitrogen and oxygen atoms in total. The lowest BCUT2D eigenvalue weighted by atomic mass is 9.94. The van der Waals surface area contributed by atoms with Crippen LogP contribution in [-0.2, 0) is 20.9 Å². The quantitative estimate of drug-likeness (QED) is 0.245. The Bertz CT molecular complexity index is 1070. The van der Waals surface area contributed by atoms with E-state index in [9.17, 15) is 19.7 Å². The number of carbonyl (C=O) groups is 2. The molecule has 1 saturated heterocycles. The van der Waals surface area contributed by atoms with Gasteiger partial charge < -0.3 is 15.1 Å². The van der Waals surface area contributed by atoms with Crippen molar-refractivity contribution in [2.24, 2.45) is 0 Å². The minimum Gasteiger partial charge on any atom is -0.354 e. The number of nitrogens with one attached hydrogen (secondary N) is 1. The zero-order valence-electron chi connectivity index (χ0n) is 17.4. The smallest absolute Gasteiger partial charge is 0.277 e. The summed E-state index contributed by atoms with van der Waals surface area (Å²) in [7, 11) is 0. The van der Waals surface area contributed by atoms with Gasteiger partial charge in [0.15, 0.2) is 5.75 Å². The van der Waals surface area contributed by atoms with Crippen LogP contribution in [0, 0.1) is 10.1 Å². The Morgan fingerprint density at radius 1 is 1.28 bits per heavy atom. The number of fused-ring (bicyclic) bond motifs is 1. The van der Waals surface area contributed by atoms with Gasteiger partial charge in [-0.3, -0.25) is 19.7 Å². The second-order valence-corrected chi connectivity index (χ2v) is 7.72. The average Bonchev–Trinajstić information content (AvgIpc) is 2.82. The van der Waals surface area contributed by atoms with Gasteiger partial charge in [-0.25, -0.2) is 0 Å². The maximum atomic E-state index is 12.7. The molecule has 2 aliphatic rings. The van der Waals surface area contributed by atoms with Crippen molar-refractivity contribution in [1.29, 1.82) is 0 Å². The normalized spacial score (nSPS) is 18.0. The summed E-state index contributed by atoms with van der Waals surface area (Å²) in [6.45, 7) is 1.45. The maximum Gasteiger partial charge on any atom is 0.277 e. The van der Waals surface area contributed by atoms with Crippen molar-refractivity contribution in [2.75, 3.05) is 19.7 Å². The van der Waals surface area contributed by atoms with Crippen molar-refractivity contribution in [3.05, 3.63) is 63.7 Å². The summed E-state index contributed by atoms with van der Waals surface area (Å²) in [5.74, 6) is 0.394. The largest absolute Gasteiger partial charge is 0.354 e. The van der Waals surface area contributed by atoms with Gasteiger partial charge in [0, 0.05) is 43.3 Å². The molecule has 2 heterocycles. The van der Waals surface area contributed by atoms with E-state index < -0.39 is 4.92 Å². The van der Waals surface area contributed by atoms with Crippen molar-refractivity contribution < 1.29 is 24.3 Å². The van der Waals surface area contributed by atoms with Crippen molar-refractivity contribution >= 4 is 24.1 Å². The fourth-order valence-corrected chi connectivity index (χ4v) is 4.11. The summed E-state index contributed by atoms with van der Waals surface area (Å²) in [6.07, 6.45) is 5.96. The summed E-state index contributed by atoms with van der Waals surface area (Å²) in [5.41, 5.74) is 2.54. The van der Waals surface area contributed by atoms with Crippen LogP contribution in [0.25, 0.3) is 17.2 Å². The number of carbonyl (C=O) groups excluding carboxylic acids is 2. The molecule has 0 saturated carbocycles. The van der Waals surface area contributed by atoms with E-state index >= 15 is 0 Å². The summed E-state index contributed by atoms with van der Waals surface area (Å²) >= 11 is 0. The van der Waals surface area contributed by atoms with E-state index in [-0.39, 0.29) is 17.6 Å². The highest BCUT2D eigenvalue weighted by molar-refractivity contribution is 5.94. The molecular weight excluding hydrogens is 414 g/mol. The van der Waals surface area contributed by atoms with E-state index in [0.717, 1.165) is 18.4 Å². The Morgan fingerprint density at radius 3 is 2.97 bits per heavy atom. The van der Waals surface area contributed by atoms with Crippen molar-refractivity contribution in [3.63, 3.8) is 0 Å². The molecule has 0 bridgehead atoms. The van der Waals surface area contributed by atoms with E-state index in [4.69, 9.17) is 9.78 Å². The SMILES string of the molecule is O=CNC1CCCN(C(=O)/C=C/c2cccc([N+](=O)[O-])c2-c2ccc3c(c2)CCOO3)C1. The van der Waals surface area contributed by atoms with Gasteiger partial charge in [0.25, 0.3) is 5.69 Å². The summed E-state index contributed by atoms with van der Waals surface area (Å²) in [6, 6.07) is 10.1. The Kier molecular flexibility index (Phi) is 6.46. The van der Waals surface area contributed by atoms with Crippen molar-refractivity contribution in [2.45, 2.75) is 25.3 Å². The molecule has 0 aliphatic carbocycles. The minimum atomic E-state index is -0.423. The van der Waals surface area contributed by atoms with Crippen LogP contribution in [0.2, 0.25) is 0 Å². The summed E-state index contributed by atoms with van der Waals surface area (Å²) < 4.78 is 0. The molecule has 4 rings (SSSR count). The van der Waals surface area contributed by atoms with E-state index in [2.05, 4.69) is 5.32 Å². The Labute approximate surface area is 184 Å². The second-order valence-electron chi connectivity index (χ2n) is 7.72. The van der Waals surface area contributed by atoms with Crippen molar-refractivity contribution in [1.82, 2.24) is 10.2 Å². The Hall–Kier alpha value is -3.72. The van der Waals surface area contributed by atoms with Crippen molar-refractivity contribution in [3.8, 4) is 16.9 Å². The summed E-state index contributed by atoms with van der Waals surface area (Å²) in [5, 5.41) is 14.5. The molecule has 0 aromatic heterocycles. The first kappa shape index (κ1) is 21.5. The highest BCUT2D eigenvalue weighted by atomic mass is 17.2. The molecule has 0 radical (unpaired) electrons. The molecule has 1 fully saturated rings. The molecule has 1 unspecified atom stereocenters. The van der Waals surface area contributed by atoms with Crippen LogP contribution in [0.1, 0.15) is 24.0 Å². The molecule has 1 atom stereocenters. The molecule has 9 heteroatoms. The number of nitro benzene ring substituents is 1.